The van der Waals surface area contributed by atoms with Crippen LogP contribution in [0.4, 0.5) is 13.2 Å². The molecular formula is C43H40ClF3N2O3. The maximum Gasteiger partial charge on any atom is 0.405 e. The van der Waals surface area contributed by atoms with Crippen molar-refractivity contribution >= 4 is 23.3 Å². The number of Topliss-reactive ketones (excluding diaryl/α,β-unsaturated/α-hetero) is 1. The summed E-state index contributed by atoms with van der Waals surface area (Å²) >= 11 is 6.05. The summed E-state index contributed by atoms with van der Waals surface area (Å²) < 4.78 is 45.5. The first-order chi connectivity index (χ1) is 25.1. The monoisotopic (exact) mass is 724 g/mol. The van der Waals surface area contributed by atoms with E-state index in [-0.39, 0.29) is 5.78 Å². The number of alkyl halides is 3. The highest BCUT2D eigenvalue weighted by molar-refractivity contribution is 6.30. The Morgan fingerprint density at radius 2 is 1.44 bits per heavy atom. The number of amides is 1. The zero-order valence-electron chi connectivity index (χ0n) is 28.9. The molecule has 1 amide bonds. The SMILES string of the molecule is Cc1cc(OCCCCC2(C(=O)NCC(F)(F)F)c3ccccc3-c3ccccc32)ncc1CCCCC(=O)c1ccccc1-c1ccc(Cl)cc1. The summed E-state index contributed by atoms with van der Waals surface area (Å²) in [7, 11) is 0. The number of nitrogens with one attached hydrogen (secondary N) is 1. The van der Waals surface area contributed by atoms with Crippen LogP contribution in [0.2, 0.25) is 5.02 Å². The standard InChI is InChI=1S/C43H40ClF3N2O3/c1-29-26-40(48-27-31(29)12-2-9-19-39(50)36-16-4-3-13-33(36)30-20-22-32(44)23-21-30)52-25-11-10-24-42(41(51)49-28-43(45,46)47)37-17-7-5-14-34(37)35-15-6-8-18-38(35)42/h3-8,13-18,20-23,26-27H,2,9-12,19,24-25,28H2,1H3,(H,49,51). The van der Waals surface area contributed by atoms with Gasteiger partial charge in [-0.3, -0.25) is 9.59 Å². The summed E-state index contributed by atoms with van der Waals surface area (Å²) in [6.07, 6.45) is 1.56. The Morgan fingerprint density at radius 3 is 2.10 bits per heavy atom. The predicted octanol–water partition coefficient (Wildman–Crippen LogP) is 10.5. The molecule has 0 saturated carbocycles. The molecule has 9 heteroatoms. The minimum atomic E-state index is -4.52. The molecule has 5 aromatic rings. The fraction of sp³-hybridized carbons (Fsp3) is 0.279. The van der Waals surface area contributed by atoms with Gasteiger partial charge in [-0.05, 0) is 102 Å². The number of ketones is 1. The Balaban J connectivity index is 1.01. The average molecular weight is 725 g/mol. The number of fused-ring (bicyclic) bond motifs is 3. The van der Waals surface area contributed by atoms with Gasteiger partial charge in [0.25, 0.3) is 0 Å². The average Bonchev–Trinajstić information content (AvgIpc) is 3.43. The van der Waals surface area contributed by atoms with Crippen molar-refractivity contribution in [2.75, 3.05) is 13.2 Å². The number of hydrogen-bond donors (Lipinski definition) is 1. The van der Waals surface area contributed by atoms with E-state index in [0.717, 1.165) is 63.8 Å². The Labute approximate surface area is 307 Å². The molecule has 1 heterocycles. The molecule has 5 nitrogen and oxygen atoms in total. The van der Waals surface area contributed by atoms with Gasteiger partial charge in [-0.2, -0.15) is 13.2 Å². The lowest BCUT2D eigenvalue weighted by molar-refractivity contribution is -0.141. The van der Waals surface area contributed by atoms with E-state index in [0.29, 0.717) is 48.8 Å². The Kier molecular flexibility index (Phi) is 11.4. The van der Waals surface area contributed by atoms with Crippen molar-refractivity contribution in [1.29, 1.82) is 0 Å². The van der Waals surface area contributed by atoms with E-state index >= 15 is 0 Å². The predicted molar refractivity (Wildman–Crippen MR) is 199 cm³/mol. The first-order valence-electron chi connectivity index (χ1n) is 17.6. The lowest BCUT2D eigenvalue weighted by Crippen LogP contribution is -2.47. The van der Waals surface area contributed by atoms with Crippen LogP contribution < -0.4 is 10.1 Å². The summed E-state index contributed by atoms with van der Waals surface area (Å²) in [6.45, 7) is 0.963. The first kappa shape index (κ1) is 36.8. The largest absolute Gasteiger partial charge is 0.478 e. The summed E-state index contributed by atoms with van der Waals surface area (Å²) in [5.74, 6) is -0.0501. The van der Waals surface area contributed by atoms with Crippen molar-refractivity contribution < 1.29 is 27.5 Å². The van der Waals surface area contributed by atoms with Crippen LogP contribution in [0.5, 0.6) is 5.88 Å². The highest BCUT2D eigenvalue weighted by Gasteiger charge is 2.49. The normalized spacial score (nSPS) is 12.9. The fourth-order valence-corrected chi connectivity index (χ4v) is 7.32. The van der Waals surface area contributed by atoms with Crippen LogP contribution >= 0.6 is 11.6 Å². The molecule has 0 fully saturated rings. The maximum absolute atomic E-state index is 13.7. The second kappa shape index (κ2) is 16.2. The molecule has 0 aliphatic heterocycles. The molecule has 1 aliphatic carbocycles. The minimum absolute atomic E-state index is 0.110. The Bertz CT molecular complexity index is 2000. The van der Waals surface area contributed by atoms with Gasteiger partial charge in [-0.1, -0.05) is 96.5 Å². The number of rotatable bonds is 15. The molecule has 268 valence electrons. The number of unbranched alkanes of at least 4 members (excludes halogenated alkanes) is 2. The summed E-state index contributed by atoms with van der Waals surface area (Å²) in [5.41, 5.74) is 6.63. The van der Waals surface area contributed by atoms with Crippen LogP contribution in [-0.2, 0) is 16.6 Å². The van der Waals surface area contributed by atoms with Gasteiger partial charge in [-0.25, -0.2) is 4.98 Å². The summed E-state index contributed by atoms with van der Waals surface area (Å²) in [5, 5.41) is 2.83. The topological polar surface area (TPSA) is 68.3 Å². The summed E-state index contributed by atoms with van der Waals surface area (Å²) in [4.78, 5) is 31.4. The van der Waals surface area contributed by atoms with Gasteiger partial charge in [0.2, 0.25) is 11.8 Å². The molecule has 0 atom stereocenters. The molecule has 0 bridgehead atoms. The van der Waals surface area contributed by atoms with E-state index in [1.807, 2.05) is 116 Å². The van der Waals surface area contributed by atoms with Crippen molar-refractivity contribution in [3.05, 3.63) is 142 Å². The number of nitrogens with zero attached hydrogens (tertiary/aromatic N) is 1. The van der Waals surface area contributed by atoms with Crippen molar-refractivity contribution in [3.8, 4) is 28.1 Å². The number of carbonyl (C=O) groups excluding carboxylic acids is 2. The second-order valence-electron chi connectivity index (χ2n) is 13.2. The number of hydrogen-bond acceptors (Lipinski definition) is 4. The van der Waals surface area contributed by atoms with E-state index in [1.54, 1.807) is 0 Å². The molecule has 52 heavy (non-hydrogen) atoms. The van der Waals surface area contributed by atoms with Crippen molar-refractivity contribution in [2.24, 2.45) is 0 Å². The third kappa shape index (κ3) is 8.23. The maximum atomic E-state index is 13.7. The zero-order chi connectivity index (χ0) is 36.7. The van der Waals surface area contributed by atoms with Crippen molar-refractivity contribution in [3.63, 3.8) is 0 Å². The van der Waals surface area contributed by atoms with Crippen LogP contribution in [0, 0.1) is 6.92 Å². The van der Waals surface area contributed by atoms with Gasteiger partial charge in [0.05, 0.1) is 6.61 Å². The van der Waals surface area contributed by atoms with Crippen LogP contribution in [0.3, 0.4) is 0 Å². The van der Waals surface area contributed by atoms with E-state index in [4.69, 9.17) is 16.3 Å². The lowest BCUT2D eigenvalue weighted by Gasteiger charge is -2.31. The van der Waals surface area contributed by atoms with Gasteiger partial charge in [0, 0.05) is 29.3 Å². The Hall–Kier alpha value is -4.95. The number of pyridine rings is 1. The van der Waals surface area contributed by atoms with E-state index in [1.165, 1.54) is 0 Å². The second-order valence-corrected chi connectivity index (χ2v) is 13.7. The molecule has 0 saturated heterocycles. The Morgan fingerprint density at radius 1 is 0.808 bits per heavy atom. The van der Waals surface area contributed by atoms with E-state index in [9.17, 15) is 22.8 Å². The fourth-order valence-electron chi connectivity index (χ4n) is 7.20. The van der Waals surface area contributed by atoms with Gasteiger partial charge < -0.3 is 10.1 Å². The highest BCUT2D eigenvalue weighted by Crippen LogP contribution is 2.51. The molecule has 1 aliphatic rings. The van der Waals surface area contributed by atoms with E-state index < -0.39 is 24.0 Å². The number of halogens is 4. The number of benzene rings is 4. The van der Waals surface area contributed by atoms with Crippen molar-refractivity contribution in [2.45, 2.75) is 63.5 Å². The molecule has 0 radical (unpaired) electrons. The molecule has 1 aromatic heterocycles. The van der Waals surface area contributed by atoms with E-state index in [2.05, 4.69) is 10.3 Å². The molecule has 0 spiro atoms. The number of aromatic nitrogens is 1. The zero-order valence-corrected chi connectivity index (χ0v) is 29.7. The number of carbonyl (C=O) groups is 2. The van der Waals surface area contributed by atoms with Gasteiger partial charge in [0.1, 0.15) is 12.0 Å². The third-order valence-corrected chi connectivity index (χ3v) is 10.0. The van der Waals surface area contributed by atoms with Crippen LogP contribution in [0.1, 0.15) is 71.1 Å². The van der Waals surface area contributed by atoms with Crippen LogP contribution in [0.15, 0.2) is 109 Å². The molecule has 1 N–H and O–H groups in total. The van der Waals surface area contributed by atoms with Crippen LogP contribution in [-0.4, -0.2) is 36.0 Å². The molecule has 6 rings (SSSR count). The minimum Gasteiger partial charge on any atom is -0.478 e. The smallest absolute Gasteiger partial charge is 0.405 e. The summed E-state index contributed by atoms with van der Waals surface area (Å²) in [6, 6.07) is 31.9. The number of ether oxygens (including phenoxy) is 1. The highest BCUT2D eigenvalue weighted by atomic mass is 35.5. The molecular weight excluding hydrogens is 685 g/mol. The van der Waals surface area contributed by atoms with Crippen molar-refractivity contribution in [1.82, 2.24) is 10.3 Å². The molecule has 0 unspecified atom stereocenters. The quantitative estimate of drug-likeness (QED) is 0.0862. The molecule has 4 aromatic carbocycles. The first-order valence-corrected chi connectivity index (χ1v) is 18.0. The van der Waals surface area contributed by atoms with Gasteiger partial charge in [-0.15, -0.1) is 0 Å². The van der Waals surface area contributed by atoms with Gasteiger partial charge >= 0.3 is 6.18 Å². The number of aryl methyl sites for hydroxylation is 2. The van der Waals surface area contributed by atoms with Crippen LogP contribution in [0.25, 0.3) is 22.3 Å². The third-order valence-electron chi connectivity index (χ3n) is 9.77. The van der Waals surface area contributed by atoms with Gasteiger partial charge in [0.15, 0.2) is 5.78 Å². The lowest BCUT2D eigenvalue weighted by atomic mass is 9.73.